The van der Waals surface area contributed by atoms with E-state index < -0.39 is 11.3 Å². The number of carbonyl (C=O) groups excluding carboxylic acids is 1. The van der Waals surface area contributed by atoms with E-state index in [1.54, 1.807) is 19.2 Å². The Balaban J connectivity index is 1.36. The van der Waals surface area contributed by atoms with Crippen LogP contribution in [-0.2, 0) is 11.2 Å². The number of anilines is 1. The van der Waals surface area contributed by atoms with Crippen LogP contribution in [-0.4, -0.2) is 21.9 Å². The number of nitrogens with zero attached hydrogens (tertiary/aromatic N) is 1. The number of alkyl halides is 2. The standard InChI is InChI=1S/C25H30F2N2O2S/c1-14-13-28-23(32-14)29-21(31)8-4-16-12-25(26,27)24(2)10-9-19-18-7-5-17(30)11-15(18)3-6-20(19)22(16)24/h5,7,11,13,16,19-20,22,30H,3-4,6,8-10,12H2,1-2H3,(H,28,29,31)/t16?,19-,20?,22+,24+/m1/s1. The Morgan fingerprint density at radius 3 is 2.91 bits per heavy atom. The summed E-state index contributed by atoms with van der Waals surface area (Å²) in [5.41, 5.74) is 1.39. The molecule has 3 aliphatic carbocycles. The highest BCUT2D eigenvalue weighted by molar-refractivity contribution is 7.15. The topological polar surface area (TPSA) is 62.2 Å². The van der Waals surface area contributed by atoms with Gasteiger partial charge in [0.15, 0.2) is 5.13 Å². The minimum Gasteiger partial charge on any atom is -0.508 e. The maximum absolute atomic E-state index is 15.4. The van der Waals surface area contributed by atoms with E-state index in [-0.39, 0.29) is 48.2 Å². The number of fused-ring (bicyclic) bond motifs is 5. The van der Waals surface area contributed by atoms with Crippen molar-refractivity contribution in [2.45, 2.75) is 70.6 Å². The maximum Gasteiger partial charge on any atom is 0.253 e. The van der Waals surface area contributed by atoms with Gasteiger partial charge in [-0.25, -0.2) is 13.8 Å². The lowest BCUT2D eigenvalue weighted by Crippen LogP contribution is -2.47. The molecule has 2 saturated carbocycles. The molecule has 2 unspecified atom stereocenters. The van der Waals surface area contributed by atoms with E-state index in [1.807, 2.05) is 19.1 Å². The number of aromatic hydroxyl groups is 1. The fraction of sp³-hybridized carbons (Fsp3) is 0.600. The zero-order valence-electron chi connectivity index (χ0n) is 18.5. The van der Waals surface area contributed by atoms with Crippen molar-refractivity contribution in [3.63, 3.8) is 0 Å². The second-order valence-electron chi connectivity index (χ2n) is 10.2. The lowest BCUT2D eigenvalue weighted by atomic mass is 9.53. The molecule has 2 N–H and O–H groups in total. The predicted molar refractivity (Wildman–Crippen MR) is 121 cm³/mol. The van der Waals surface area contributed by atoms with Crippen molar-refractivity contribution < 1.29 is 18.7 Å². The number of rotatable bonds is 4. The molecule has 3 aliphatic rings. The zero-order valence-corrected chi connectivity index (χ0v) is 19.4. The Kier molecular flexibility index (Phi) is 5.31. The number of carbonyl (C=O) groups is 1. The Morgan fingerprint density at radius 1 is 1.34 bits per heavy atom. The van der Waals surface area contributed by atoms with Crippen LogP contribution in [0.5, 0.6) is 5.75 Å². The number of phenolic OH excluding ortho intramolecular Hbond substituents is 1. The average molecular weight is 461 g/mol. The van der Waals surface area contributed by atoms with Crippen LogP contribution in [0.1, 0.15) is 67.4 Å². The SMILES string of the molecule is Cc1cnc(NC(=O)CCC2CC(F)(F)[C@@]3(C)CC[C@@H]4c5ccc(O)cc5CCC4[C@H]23)s1. The zero-order chi connectivity index (χ0) is 22.7. The summed E-state index contributed by atoms with van der Waals surface area (Å²) in [6.45, 7) is 3.72. The minimum absolute atomic E-state index is 0.0897. The molecular formula is C25H30F2N2O2S. The van der Waals surface area contributed by atoms with Crippen LogP contribution in [0, 0.1) is 30.1 Å². The molecular weight excluding hydrogens is 430 g/mol. The van der Waals surface area contributed by atoms with Gasteiger partial charge in [0.25, 0.3) is 5.92 Å². The average Bonchev–Trinajstić information content (AvgIpc) is 3.23. The highest BCUT2D eigenvalue weighted by Gasteiger charge is 2.67. The molecule has 32 heavy (non-hydrogen) atoms. The number of halogens is 2. The third kappa shape index (κ3) is 3.53. The summed E-state index contributed by atoms with van der Waals surface area (Å²) in [4.78, 5) is 17.7. The summed E-state index contributed by atoms with van der Waals surface area (Å²) in [5, 5.41) is 13.3. The third-order valence-electron chi connectivity index (χ3n) is 8.43. The Labute approximate surface area is 191 Å². The van der Waals surface area contributed by atoms with Gasteiger partial charge in [-0.3, -0.25) is 4.79 Å². The molecule has 0 aliphatic heterocycles. The van der Waals surface area contributed by atoms with Crippen molar-refractivity contribution in [2.24, 2.45) is 23.2 Å². The van der Waals surface area contributed by atoms with E-state index in [9.17, 15) is 9.90 Å². The number of benzene rings is 1. The first kappa shape index (κ1) is 21.8. The summed E-state index contributed by atoms with van der Waals surface area (Å²) in [5.74, 6) is -2.36. The number of phenols is 1. The van der Waals surface area contributed by atoms with Gasteiger partial charge in [-0.05, 0) is 86.0 Å². The second kappa shape index (κ2) is 7.79. The number of amides is 1. The van der Waals surface area contributed by atoms with E-state index in [2.05, 4.69) is 10.3 Å². The summed E-state index contributed by atoms with van der Waals surface area (Å²) < 4.78 is 30.7. The van der Waals surface area contributed by atoms with Gasteiger partial charge in [-0.1, -0.05) is 13.0 Å². The normalized spacial score (nSPS) is 32.6. The summed E-state index contributed by atoms with van der Waals surface area (Å²) in [6, 6.07) is 5.56. The molecule has 1 amide bonds. The van der Waals surface area contributed by atoms with Gasteiger partial charge in [0.2, 0.25) is 5.91 Å². The quantitative estimate of drug-likeness (QED) is 0.563. The molecule has 0 bridgehead atoms. The largest absolute Gasteiger partial charge is 0.508 e. The van der Waals surface area contributed by atoms with Crippen LogP contribution in [0.2, 0.25) is 0 Å². The molecule has 0 radical (unpaired) electrons. The van der Waals surface area contributed by atoms with Crippen molar-refractivity contribution >= 4 is 22.4 Å². The van der Waals surface area contributed by atoms with Crippen LogP contribution in [0.25, 0.3) is 0 Å². The number of nitrogens with one attached hydrogen (secondary N) is 1. The first-order valence-corrected chi connectivity index (χ1v) is 12.4. The van der Waals surface area contributed by atoms with E-state index in [1.165, 1.54) is 16.9 Å². The predicted octanol–water partition coefficient (Wildman–Crippen LogP) is 6.29. The summed E-state index contributed by atoms with van der Waals surface area (Å²) in [7, 11) is 0. The van der Waals surface area contributed by atoms with Crippen LogP contribution in [0.15, 0.2) is 24.4 Å². The van der Waals surface area contributed by atoms with Gasteiger partial charge in [0.1, 0.15) is 5.75 Å². The minimum atomic E-state index is -2.70. The number of thiazole rings is 1. The van der Waals surface area contributed by atoms with Crippen molar-refractivity contribution in [1.29, 1.82) is 0 Å². The van der Waals surface area contributed by atoms with Gasteiger partial charge in [0, 0.05) is 29.3 Å². The number of aryl methyl sites for hydroxylation is 2. The molecule has 5 atom stereocenters. The molecule has 1 heterocycles. The highest BCUT2D eigenvalue weighted by Crippen LogP contribution is 2.68. The lowest BCUT2D eigenvalue weighted by Gasteiger charge is -2.51. The Morgan fingerprint density at radius 2 is 2.16 bits per heavy atom. The Bertz CT molecular complexity index is 1040. The highest BCUT2D eigenvalue weighted by atomic mass is 32.1. The van der Waals surface area contributed by atoms with Gasteiger partial charge in [0.05, 0.1) is 0 Å². The first-order valence-electron chi connectivity index (χ1n) is 11.6. The fourth-order valence-electron chi connectivity index (χ4n) is 7.00. The maximum atomic E-state index is 15.4. The van der Waals surface area contributed by atoms with Crippen molar-refractivity contribution in [3.05, 3.63) is 40.4 Å². The monoisotopic (exact) mass is 460 g/mol. The lowest BCUT2D eigenvalue weighted by molar-refractivity contribution is -0.133. The second-order valence-corrected chi connectivity index (χ2v) is 11.4. The molecule has 0 saturated heterocycles. The van der Waals surface area contributed by atoms with E-state index in [0.717, 1.165) is 29.7 Å². The van der Waals surface area contributed by atoms with Crippen LogP contribution in [0.4, 0.5) is 13.9 Å². The third-order valence-corrected chi connectivity index (χ3v) is 9.26. The summed E-state index contributed by atoms with van der Waals surface area (Å²) >= 11 is 1.42. The van der Waals surface area contributed by atoms with Crippen molar-refractivity contribution in [3.8, 4) is 5.75 Å². The molecule has 1 aromatic carbocycles. The van der Waals surface area contributed by atoms with Gasteiger partial charge in [-0.15, -0.1) is 11.3 Å². The molecule has 2 aromatic rings. The van der Waals surface area contributed by atoms with E-state index in [4.69, 9.17) is 0 Å². The van der Waals surface area contributed by atoms with Crippen LogP contribution >= 0.6 is 11.3 Å². The van der Waals surface area contributed by atoms with Crippen LogP contribution in [0.3, 0.4) is 0 Å². The summed E-state index contributed by atoms with van der Waals surface area (Å²) in [6.07, 6.45) is 5.29. The molecule has 2 fully saturated rings. The fourth-order valence-corrected chi connectivity index (χ4v) is 7.68. The van der Waals surface area contributed by atoms with Crippen molar-refractivity contribution in [1.82, 2.24) is 4.98 Å². The van der Waals surface area contributed by atoms with Crippen LogP contribution < -0.4 is 5.32 Å². The Hall–Kier alpha value is -2.02. The van der Waals surface area contributed by atoms with E-state index in [0.29, 0.717) is 18.0 Å². The molecule has 0 spiro atoms. The van der Waals surface area contributed by atoms with Crippen molar-refractivity contribution in [2.75, 3.05) is 5.32 Å². The van der Waals surface area contributed by atoms with E-state index >= 15 is 8.78 Å². The molecule has 4 nitrogen and oxygen atoms in total. The first-order chi connectivity index (χ1) is 15.2. The number of hydrogen-bond donors (Lipinski definition) is 2. The van der Waals surface area contributed by atoms with Gasteiger partial charge < -0.3 is 10.4 Å². The molecule has 5 rings (SSSR count). The number of aromatic nitrogens is 1. The van der Waals surface area contributed by atoms with Gasteiger partial charge >= 0.3 is 0 Å². The molecule has 172 valence electrons. The smallest absolute Gasteiger partial charge is 0.253 e. The molecule has 1 aromatic heterocycles. The molecule has 7 heteroatoms. The number of hydrogen-bond acceptors (Lipinski definition) is 4. The van der Waals surface area contributed by atoms with Gasteiger partial charge in [-0.2, -0.15) is 0 Å².